The first-order valence-corrected chi connectivity index (χ1v) is 11.5. The Bertz CT molecular complexity index is 341. The Morgan fingerprint density at radius 2 is 0.926 bits per heavy atom. The summed E-state index contributed by atoms with van der Waals surface area (Å²) in [4.78, 5) is 21.3. The second-order valence-corrected chi connectivity index (χ2v) is 7.80. The zero-order chi connectivity index (χ0) is 20.0. The van der Waals surface area contributed by atoms with Gasteiger partial charge in [0.1, 0.15) is 6.42 Å². The third kappa shape index (κ3) is 22.9. The molecule has 0 rings (SSSR count). The quantitative estimate of drug-likeness (QED) is 0.131. The molecule has 0 aliphatic carbocycles. The van der Waals surface area contributed by atoms with Crippen LogP contribution in [0.4, 0.5) is 0 Å². The van der Waals surface area contributed by atoms with Gasteiger partial charge in [-0.15, -0.1) is 0 Å². The molecule has 0 saturated carbocycles. The molecule has 0 fully saturated rings. The molecule has 160 valence electrons. The Kier molecular flexibility index (Phi) is 20.4. The zero-order valence-electron chi connectivity index (χ0n) is 17.8. The number of rotatable bonds is 21. The van der Waals surface area contributed by atoms with E-state index in [0.29, 0.717) is 6.61 Å². The molecule has 0 aromatic heterocycles. The molecule has 0 bridgehead atoms. The van der Waals surface area contributed by atoms with Gasteiger partial charge in [-0.2, -0.15) is 0 Å². The van der Waals surface area contributed by atoms with Gasteiger partial charge in [0.25, 0.3) is 0 Å². The first kappa shape index (κ1) is 25.9. The van der Waals surface area contributed by atoms with Crippen LogP contribution in [0.3, 0.4) is 0 Å². The number of esters is 1. The zero-order valence-corrected chi connectivity index (χ0v) is 17.8. The van der Waals surface area contributed by atoms with E-state index in [-0.39, 0.29) is 0 Å². The molecule has 27 heavy (non-hydrogen) atoms. The van der Waals surface area contributed by atoms with Crippen LogP contribution in [0.2, 0.25) is 0 Å². The van der Waals surface area contributed by atoms with Crippen molar-refractivity contribution in [3.8, 4) is 0 Å². The van der Waals surface area contributed by atoms with Gasteiger partial charge >= 0.3 is 11.9 Å². The van der Waals surface area contributed by atoms with E-state index in [2.05, 4.69) is 6.92 Å². The van der Waals surface area contributed by atoms with Gasteiger partial charge in [-0.3, -0.25) is 9.59 Å². The van der Waals surface area contributed by atoms with Gasteiger partial charge in [-0.1, -0.05) is 116 Å². The van der Waals surface area contributed by atoms with Gasteiger partial charge in [0.15, 0.2) is 0 Å². The molecule has 0 radical (unpaired) electrons. The van der Waals surface area contributed by atoms with Crippen molar-refractivity contribution in [2.24, 2.45) is 0 Å². The summed E-state index contributed by atoms with van der Waals surface area (Å²) in [6.07, 6.45) is 23.3. The van der Waals surface area contributed by atoms with Gasteiger partial charge in [-0.25, -0.2) is 0 Å². The number of carboxylic acid groups (broad SMARTS) is 1. The van der Waals surface area contributed by atoms with Crippen LogP contribution in [0.25, 0.3) is 0 Å². The molecule has 0 aliphatic rings. The molecule has 0 spiro atoms. The average Bonchev–Trinajstić information content (AvgIpc) is 2.63. The molecule has 0 saturated heterocycles. The number of unbranched alkanes of at least 4 members (excludes halogenated alkanes) is 17. The third-order valence-corrected chi connectivity index (χ3v) is 5.06. The lowest BCUT2D eigenvalue weighted by molar-refractivity contribution is -0.151. The minimum absolute atomic E-state index is 0.352. The van der Waals surface area contributed by atoms with Crippen molar-refractivity contribution in [3.05, 3.63) is 0 Å². The van der Waals surface area contributed by atoms with Crippen molar-refractivity contribution < 1.29 is 19.4 Å². The third-order valence-electron chi connectivity index (χ3n) is 5.06. The Labute approximate surface area is 167 Å². The monoisotopic (exact) mass is 384 g/mol. The van der Waals surface area contributed by atoms with E-state index in [4.69, 9.17) is 9.84 Å². The van der Waals surface area contributed by atoms with Gasteiger partial charge in [0, 0.05) is 0 Å². The summed E-state index contributed by atoms with van der Waals surface area (Å²) in [6, 6.07) is 0. The van der Waals surface area contributed by atoms with Crippen LogP contribution in [0.5, 0.6) is 0 Å². The Hall–Kier alpha value is -1.06. The summed E-state index contributed by atoms with van der Waals surface area (Å²) in [6.45, 7) is 2.63. The van der Waals surface area contributed by atoms with Crippen LogP contribution in [-0.4, -0.2) is 23.7 Å². The molecule has 0 atom stereocenters. The highest BCUT2D eigenvalue weighted by molar-refractivity contribution is 5.90. The minimum atomic E-state index is -1.13. The van der Waals surface area contributed by atoms with Crippen molar-refractivity contribution in [2.75, 3.05) is 6.61 Å². The molecular formula is C23H44O4. The van der Waals surface area contributed by atoms with Crippen LogP contribution in [0, 0.1) is 0 Å². The maximum absolute atomic E-state index is 11.0. The summed E-state index contributed by atoms with van der Waals surface area (Å²) in [5.41, 5.74) is 0. The number of hydrogen-bond acceptors (Lipinski definition) is 3. The Balaban J connectivity index is 3.07. The molecule has 0 aromatic carbocycles. The normalized spacial score (nSPS) is 10.9. The van der Waals surface area contributed by atoms with Gasteiger partial charge in [-0.05, 0) is 6.42 Å². The van der Waals surface area contributed by atoms with Gasteiger partial charge < -0.3 is 9.84 Å². The maximum Gasteiger partial charge on any atom is 0.317 e. The predicted octanol–water partition coefficient (Wildman–Crippen LogP) is 7.05. The van der Waals surface area contributed by atoms with Crippen LogP contribution in [-0.2, 0) is 14.3 Å². The van der Waals surface area contributed by atoms with E-state index in [1.807, 2.05) is 0 Å². The molecule has 0 aliphatic heterocycles. The van der Waals surface area contributed by atoms with Crippen LogP contribution >= 0.6 is 0 Å². The largest absolute Gasteiger partial charge is 0.481 e. The fraction of sp³-hybridized carbons (Fsp3) is 0.913. The Morgan fingerprint density at radius 3 is 1.26 bits per heavy atom. The maximum atomic E-state index is 11.0. The van der Waals surface area contributed by atoms with Crippen molar-refractivity contribution in [1.29, 1.82) is 0 Å². The molecule has 0 amide bonds. The number of aliphatic carboxylic acids is 1. The number of hydrogen-bond donors (Lipinski definition) is 1. The number of carbonyl (C=O) groups is 2. The van der Waals surface area contributed by atoms with Crippen molar-refractivity contribution in [2.45, 2.75) is 129 Å². The fourth-order valence-electron chi connectivity index (χ4n) is 3.36. The molecule has 0 aromatic rings. The van der Waals surface area contributed by atoms with Crippen molar-refractivity contribution in [3.63, 3.8) is 0 Å². The van der Waals surface area contributed by atoms with Crippen LogP contribution < -0.4 is 0 Å². The highest BCUT2D eigenvalue weighted by Gasteiger charge is 2.07. The van der Waals surface area contributed by atoms with Gasteiger partial charge in [0.05, 0.1) is 6.61 Å². The topological polar surface area (TPSA) is 63.6 Å². The molecule has 4 heteroatoms. The van der Waals surface area contributed by atoms with Crippen LogP contribution in [0.15, 0.2) is 0 Å². The van der Waals surface area contributed by atoms with E-state index < -0.39 is 18.4 Å². The lowest BCUT2D eigenvalue weighted by Gasteiger charge is -2.04. The standard InChI is InChI=1S/C23H44O4/c1-2-3-4-5-6-7-8-9-10-11-12-13-14-15-16-17-18-19-20-27-23(26)21-22(24)25/h2-21H2,1H3,(H,24,25). The SMILES string of the molecule is CCCCCCCCCCCCCCCCCCCCOC(=O)CC(=O)O. The second kappa shape index (κ2) is 21.2. The summed E-state index contributed by atoms with van der Waals surface area (Å²) < 4.78 is 4.86. The molecule has 0 heterocycles. The highest BCUT2D eigenvalue weighted by atomic mass is 16.5. The smallest absolute Gasteiger partial charge is 0.317 e. The molecule has 1 N–H and O–H groups in total. The molecule has 4 nitrogen and oxygen atoms in total. The summed E-state index contributed by atoms with van der Waals surface area (Å²) in [5.74, 6) is -1.76. The predicted molar refractivity (Wildman–Crippen MR) is 112 cm³/mol. The lowest BCUT2D eigenvalue weighted by atomic mass is 10.0. The second-order valence-electron chi connectivity index (χ2n) is 7.80. The van der Waals surface area contributed by atoms with E-state index in [1.54, 1.807) is 0 Å². The summed E-state index contributed by atoms with van der Waals surface area (Å²) >= 11 is 0. The molecule has 0 unspecified atom stereocenters. The Morgan fingerprint density at radius 1 is 0.593 bits per heavy atom. The van der Waals surface area contributed by atoms with Crippen molar-refractivity contribution >= 4 is 11.9 Å². The average molecular weight is 385 g/mol. The van der Waals surface area contributed by atoms with E-state index in [0.717, 1.165) is 12.8 Å². The minimum Gasteiger partial charge on any atom is -0.481 e. The number of carboxylic acids is 1. The highest BCUT2D eigenvalue weighted by Crippen LogP contribution is 2.14. The number of carbonyl (C=O) groups excluding carboxylic acids is 1. The first-order valence-electron chi connectivity index (χ1n) is 11.5. The number of ether oxygens (including phenoxy) is 1. The van der Waals surface area contributed by atoms with E-state index >= 15 is 0 Å². The van der Waals surface area contributed by atoms with Gasteiger partial charge in [0.2, 0.25) is 0 Å². The van der Waals surface area contributed by atoms with Crippen LogP contribution in [0.1, 0.15) is 129 Å². The van der Waals surface area contributed by atoms with Crippen molar-refractivity contribution in [1.82, 2.24) is 0 Å². The van der Waals surface area contributed by atoms with E-state index in [1.165, 1.54) is 103 Å². The lowest BCUT2D eigenvalue weighted by Crippen LogP contribution is -2.11. The molecular weight excluding hydrogens is 340 g/mol. The summed E-state index contributed by atoms with van der Waals surface area (Å²) in [5, 5.41) is 8.44. The summed E-state index contributed by atoms with van der Waals surface area (Å²) in [7, 11) is 0. The first-order chi connectivity index (χ1) is 13.2. The van der Waals surface area contributed by atoms with E-state index in [9.17, 15) is 9.59 Å². The fourth-order valence-corrected chi connectivity index (χ4v) is 3.36.